The van der Waals surface area contributed by atoms with Crippen molar-refractivity contribution in [3.8, 4) is 0 Å². The first-order valence-corrected chi connectivity index (χ1v) is 2.25. The van der Waals surface area contributed by atoms with Gasteiger partial charge in [-0.3, -0.25) is 4.39 Å². The topological polar surface area (TPSA) is 24.4 Å². The molecule has 0 fully saturated rings. The van der Waals surface area contributed by atoms with Crippen LogP contribution in [0.15, 0.2) is 5.10 Å². The van der Waals surface area contributed by atoms with E-state index in [2.05, 4.69) is 10.5 Å². The van der Waals surface area contributed by atoms with Gasteiger partial charge in [0, 0.05) is 18.7 Å². The van der Waals surface area contributed by atoms with Gasteiger partial charge in [-0.15, -0.1) is 0 Å². The fourth-order valence-electron chi connectivity index (χ4n) is 0.475. The van der Waals surface area contributed by atoms with Gasteiger partial charge in [0.25, 0.3) is 0 Å². The molecule has 7 heavy (non-hydrogen) atoms. The zero-order chi connectivity index (χ0) is 5.11. The predicted octanol–water partition coefficient (Wildman–Crippen LogP) is 0.161. The summed E-state index contributed by atoms with van der Waals surface area (Å²) < 4.78 is 11.6. The fraction of sp³-hybridized carbons (Fsp3) is 0.750. The Morgan fingerprint density at radius 2 is 2.86 bits per heavy atom. The van der Waals surface area contributed by atoms with Gasteiger partial charge in [0.15, 0.2) is 0 Å². The Hall–Kier alpha value is -0.600. The molecule has 1 atom stereocenters. The third-order valence-corrected chi connectivity index (χ3v) is 0.928. The van der Waals surface area contributed by atoms with Crippen LogP contribution in [0.2, 0.25) is 0 Å². The Morgan fingerprint density at radius 1 is 2.00 bits per heavy atom. The second-order valence-corrected chi connectivity index (χ2v) is 1.55. The summed E-state index contributed by atoms with van der Waals surface area (Å²) in [6.07, 6.45) is 1.60. The van der Waals surface area contributed by atoms with E-state index < -0.39 is 0 Å². The molecule has 0 aromatic carbocycles. The minimum Gasteiger partial charge on any atom is -0.310 e. The largest absolute Gasteiger partial charge is 0.310 e. The Kier molecular flexibility index (Phi) is 1.24. The van der Waals surface area contributed by atoms with Crippen LogP contribution >= 0.6 is 0 Å². The van der Waals surface area contributed by atoms with Crippen LogP contribution in [-0.4, -0.2) is 19.4 Å². The lowest BCUT2D eigenvalue weighted by molar-refractivity contribution is 0.432. The summed E-state index contributed by atoms with van der Waals surface area (Å²) in [5.41, 5.74) is 2.65. The van der Waals surface area contributed by atoms with Crippen LogP contribution in [0.1, 0.15) is 0 Å². The van der Waals surface area contributed by atoms with E-state index >= 15 is 0 Å². The standard InChI is InChI=1S/C4H7FN2/c5-1-4-2-6-7-3-4/h2,4,7H,1,3H2. The number of hydrazone groups is 1. The summed E-state index contributed by atoms with van der Waals surface area (Å²) >= 11 is 0. The van der Waals surface area contributed by atoms with Crippen LogP contribution < -0.4 is 5.43 Å². The van der Waals surface area contributed by atoms with Crippen LogP contribution in [0.25, 0.3) is 0 Å². The van der Waals surface area contributed by atoms with Crippen LogP contribution in [-0.2, 0) is 0 Å². The van der Waals surface area contributed by atoms with Crippen molar-refractivity contribution in [3.05, 3.63) is 0 Å². The van der Waals surface area contributed by atoms with Crippen molar-refractivity contribution >= 4 is 6.21 Å². The van der Waals surface area contributed by atoms with Crippen molar-refractivity contribution < 1.29 is 4.39 Å². The molecule has 0 bridgehead atoms. The van der Waals surface area contributed by atoms with Crippen LogP contribution in [0, 0.1) is 5.92 Å². The zero-order valence-electron chi connectivity index (χ0n) is 3.89. The molecule has 0 spiro atoms. The molecule has 1 heterocycles. The molecular formula is C4H7FN2. The third-order valence-electron chi connectivity index (χ3n) is 0.928. The summed E-state index contributed by atoms with van der Waals surface area (Å²) in [4.78, 5) is 0. The van der Waals surface area contributed by atoms with E-state index in [1.54, 1.807) is 6.21 Å². The molecule has 2 nitrogen and oxygen atoms in total. The lowest BCUT2D eigenvalue weighted by atomic mass is 10.2. The molecule has 0 radical (unpaired) electrons. The van der Waals surface area contributed by atoms with E-state index in [4.69, 9.17) is 0 Å². The van der Waals surface area contributed by atoms with Gasteiger partial charge in [-0.1, -0.05) is 0 Å². The van der Waals surface area contributed by atoms with Gasteiger partial charge in [-0.25, -0.2) is 0 Å². The molecule has 1 N–H and O–H groups in total. The molecule has 1 rings (SSSR count). The minimum atomic E-state index is -0.295. The summed E-state index contributed by atoms with van der Waals surface area (Å²) in [6, 6.07) is 0. The Morgan fingerprint density at radius 3 is 3.14 bits per heavy atom. The number of halogens is 1. The highest BCUT2D eigenvalue weighted by molar-refractivity contribution is 5.62. The molecule has 1 aliphatic heterocycles. The Bertz CT molecular complexity index is 81.8. The highest BCUT2D eigenvalue weighted by Gasteiger charge is 2.07. The highest BCUT2D eigenvalue weighted by Crippen LogP contribution is 1.95. The quantitative estimate of drug-likeness (QED) is 0.501. The molecule has 0 amide bonds. The molecule has 1 aliphatic rings. The van der Waals surface area contributed by atoms with Crippen molar-refractivity contribution in [1.82, 2.24) is 5.43 Å². The van der Waals surface area contributed by atoms with Crippen molar-refractivity contribution in [2.75, 3.05) is 13.2 Å². The predicted molar refractivity (Wildman–Crippen MR) is 26.0 cm³/mol. The first-order valence-electron chi connectivity index (χ1n) is 2.25. The first kappa shape index (κ1) is 4.56. The van der Waals surface area contributed by atoms with Crippen LogP contribution in [0.4, 0.5) is 4.39 Å². The smallest absolute Gasteiger partial charge is 0.0990 e. The summed E-state index contributed by atoms with van der Waals surface area (Å²) in [7, 11) is 0. The number of hydrogen-bond donors (Lipinski definition) is 1. The van der Waals surface area contributed by atoms with E-state index in [0.29, 0.717) is 6.54 Å². The molecule has 0 saturated heterocycles. The van der Waals surface area contributed by atoms with Gasteiger partial charge in [0.05, 0.1) is 6.67 Å². The number of alkyl halides is 1. The lowest BCUT2D eigenvalue weighted by Gasteiger charge is -1.92. The van der Waals surface area contributed by atoms with Crippen LogP contribution in [0.3, 0.4) is 0 Å². The maximum absolute atomic E-state index is 11.6. The SMILES string of the molecule is FCC1C=NNC1. The monoisotopic (exact) mass is 102 g/mol. The molecule has 0 aromatic heterocycles. The minimum absolute atomic E-state index is 0.0278. The number of rotatable bonds is 1. The van der Waals surface area contributed by atoms with Crippen molar-refractivity contribution in [2.45, 2.75) is 0 Å². The summed E-state index contributed by atoms with van der Waals surface area (Å²) in [5.74, 6) is 0.0278. The second kappa shape index (κ2) is 1.91. The molecular weight excluding hydrogens is 95.1 g/mol. The van der Waals surface area contributed by atoms with E-state index in [1.807, 2.05) is 0 Å². The maximum Gasteiger partial charge on any atom is 0.0990 e. The second-order valence-electron chi connectivity index (χ2n) is 1.55. The first-order chi connectivity index (χ1) is 3.43. The molecule has 0 aliphatic carbocycles. The molecule has 3 heteroatoms. The highest BCUT2D eigenvalue weighted by atomic mass is 19.1. The normalized spacial score (nSPS) is 27.9. The van der Waals surface area contributed by atoms with Crippen molar-refractivity contribution in [3.63, 3.8) is 0 Å². The maximum atomic E-state index is 11.6. The average molecular weight is 102 g/mol. The Balaban J connectivity index is 2.28. The van der Waals surface area contributed by atoms with E-state index in [0.717, 1.165) is 0 Å². The third kappa shape index (κ3) is 0.885. The lowest BCUT2D eigenvalue weighted by Crippen LogP contribution is -2.11. The van der Waals surface area contributed by atoms with Gasteiger partial charge in [0.2, 0.25) is 0 Å². The van der Waals surface area contributed by atoms with Gasteiger partial charge in [-0.2, -0.15) is 5.10 Å². The van der Waals surface area contributed by atoms with Gasteiger partial charge in [0.1, 0.15) is 0 Å². The molecule has 0 aromatic rings. The summed E-state index contributed by atoms with van der Waals surface area (Å²) in [6.45, 7) is 0.368. The van der Waals surface area contributed by atoms with Gasteiger partial charge in [-0.05, 0) is 0 Å². The molecule has 1 unspecified atom stereocenters. The van der Waals surface area contributed by atoms with E-state index in [9.17, 15) is 4.39 Å². The average Bonchev–Trinajstić information content (AvgIpc) is 2.14. The zero-order valence-corrected chi connectivity index (χ0v) is 3.89. The van der Waals surface area contributed by atoms with Crippen molar-refractivity contribution in [2.24, 2.45) is 11.0 Å². The number of hydrogen-bond acceptors (Lipinski definition) is 2. The van der Waals surface area contributed by atoms with E-state index in [1.165, 1.54) is 0 Å². The van der Waals surface area contributed by atoms with Crippen molar-refractivity contribution in [1.29, 1.82) is 0 Å². The molecule has 0 saturated carbocycles. The summed E-state index contributed by atoms with van der Waals surface area (Å²) in [5, 5.41) is 3.62. The Labute approximate surface area is 41.4 Å². The van der Waals surface area contributed by atoms with E-state index in [-0.39, 0.29) is 12.6 Å². The molecule has 40 valence electrons. The fourth-order valence-corrected chi connectivity index (χ4v) is 0.475. The number of nitrogens with zero attached hydrogens (tertiary/aromatic N) is 1. The van der Waals surface area contributed by atoms with Gasteiger partial charge >= 0.3 is 0 Å². The number of nitrogens with one attached hydrogen (secondary N) is 1. The van der Waals surface area contributed by atoms with Gasteiger partial charge < -0.3 is 5.43 Å². The van der Waals surface area contributed by atoms with Crippen LogP contribution in [0.5, 0.6) is 0 Å².